The molecule has 0 fully saturated rings. The molecule has 0 saturated heterocycles. The zero-order valence-electron chi connectivity index (χ0n) is 11.5. The van der Waals surface area contributed by atoms with Crippen LogP contribution >= 0.6 is 11.8 Å². The molecule has 2 aromatic rings. The monoisotopic (exact) mass is 305 g/mol. The van der Waals surface area contributed by atoms with E-state index in [-0.39, 0.29) is 18.9 Å². The molecule has 21 heavy (non-hydrogen) atoms. The van der Waals surface area contributed by atoms with Gasteiger partial charge in [0, 0.05) is 4.90 Å². The molecular formula is C15H15NO4S. The first kappa shape index (κ1) is 15.2. The Morgan fingerprint density at radius 1 is 1.24 bits per heavy atom. The Morgan fingerprint density at radius 3 is 2.62 bits per heavy atom. The fraction of sp³-hybridized carbons (Fsp3) is 0.200. The predicted molar refractivity (Wildman–Crippen MR) is 79.1 cm³/mol. The Morgan fingerprint density at radius 2 is 2.00 bits per heavy atom. The second kappa shape index (κ2) is 7.54. The number of rotatable bonds is 6. The average Bonchev–Trinajstić information content (AvgIpc) is 3.05. The van der Waals surface area contributed by atoms with Gasteiger partial charge in [0.25, 0.3) is 5.91 Å². The maximum atomic E-state index is 11.5. The summed E-state index contributed by atoms with van der Waals surface area (Å²) in [5, 5.41) is 2.43. The van der Waals surface area contributed by atoms with Gasteiger partial charge in [0.1, 0.15) is 13.2 Å². The minimum absolute atomic E-state index is 0.162. The molecule has 1 amide bonds. The minimum atomic E-state index is -0.496. The van der Waals surface area contributed by atoms with Gasteiger partial charge in [-0.2, -0.15) is 0 Å². The maximum absolute atomic E-state index is 11.5. The first-order chi connectivity index (χ1) is 10.2. The van der Waals surface area contributed by atoms with Crippen molar-refractivity contribution in [1.29, 1.82) is 0 Å². The zero-order valence-corrected chi connectivity index (χ0v) is 12.3. The fourth-order valence-electron chi connectivity index (χ4n) is 1.58. The van der Waals surface area contributed by atoms with Gasteiger partial charge in [-0.15, -0.1) is 11.8 Å². The molecule has 5 nitrogen and oxygen atoms in total. The molecule has 0 aliphatic heterocycles. The van der Waals surface area contributed by atoms with Crippen molar-refractivity contribution in [1.82, 2.24) is 5.32 Å². The number of hydrogen-bond donors (Lipinski definition) is 1. The van der Waals surface area contributed by atoms with Crippen molar-refractivity contribution < 1.29 is 18.7 Å². The molecule has 6 heteroatoms. The van der Waals surface area contributed by atoms with Crippen LogP contribution in [-0.2, 0) is 16.1 Å². The summed E-state index contributed by atoms with van der Waals surface area (Å²) < 4.78 is 9.99. The lowest BCUT2D eigenvalue weighted by molar-refractivity contribution is -0.143. The first-order valence-corrected chi connectivity index (χ1v) is 7.52. The van der Waals surface area contributed by atoms with E-state index in [4.69, 9.17) is 9.15 Å². The van der Waals surface area contributed by atoms with Crippen LogP contribution in [0.5, 0.6) is 0 Å². The molecule has 1 N–H and O–H groups in total. The Balaban J connectivity index is 1.73. The standard InChI is InChI=1S/C15H15NO4S/c1-21-12-6-4-11(5-7-12)10-20-14(17)9-16-15(18)13-3-2-8-19-13/h2-8H,9-10H2,1H3,(H,16,18). The van der Waals surface area contributed by atoms with Crippen LogP contribution in [0.4, 0.5) is 0 Å². The molecular weight excluding hydrogens is 290 g/mol. The Labute approximate surface area is 126 Å². The summed E-state index contributed by atoms with van der Waals surface area (Å²) in [4.78, 5) is 24.2. The van der Waals surface area contributed by atoms with Crippen molar-refractivity contribution in [3.8, 4) is 0 Å². The van der Waals surface area contributed by atoms with Crippen LogP contribution < -0.4 is 5.32 Å². The summed E-state index contributed by atoms with van der Waals surface area (Å²) in [6.07, 6.45) is 3.39. The predicted octanol–water partition coefficient (Wildman–Crippen LogP) is 2.47. The molecule has 0 atom stereocenters. The van der Waals surface area contributed by atoms with Crippen molar-refractivity contribution in [3.05, 3.63) is 54.0 Å². The van der Waals surface area contributed by atoms with E-state index in [9.17, 15) is 9.59 Å². The van der Waals surface area contributed by atoms with E-state index in [0.717, 1.165) is 10.5 Å². The van der Waals surface area contributed by atoms with Crippen molar-refractivity contribution in [2.24, 2.45) is 0 Å². The Kier molecular flexibility index (Phi) is 5.45. The normalized spacial score (nSPS) is 10.1. The number of nitrogens with one attached hydrogen (secondary N) is 1. The van der Waals surface area contributed by atoms with E-state index in [1.165, 1.54) is 12.3 Å². The summed E-state index contributed by atoms with van der Waals surface area (Å²) in [5.41, 5.74) is 0.901. The van der Waals surface area contributed by atoms with Crippen LogP contribution in [0, 0.1) is 0 Å². The Hall–Kier alpha value is -2.21. The van der Waals surface area contributed by atoms with Crippen LogP contribution in [0.1, 0.15) is 16.1 Å². The molecule has 0 radical (unpaired) electrons. The van der Waals surface area contributed by atoms with E-state index < -0.39 is 11.9 Å². The molecule has 110 valence electrons. The van der Waals surface area contributed by atoms with Crippen LogP contribution in [0.3, 0.4) is 0 Å². The van der Waals surface area contributed by atoms with Crippen molar-refractivity contribution in [3.63, 3.8) is 0 Å². The molecule has 1 heterocycles. The second-order valence-corrected chi connectivity index (χ2v) is 5.05. The number of carbonyl (C=O) groups is 2. The second-order valence-electron chi connectivity index (χ2n) is 4.17. The SMILES string of the molecule is CSc1ccc(COC(=O)CNC(=O)c2ccco2)cc1. The highest BCUT2D eigenvalue weighted by Crippen LogP contribution is 2.15. The van der Waals surface area contributed by atoms with Gasteiger partial charge in [-0.25, -0.2) is 0 Å². The number of benzene rings is 1. The van der Waals surface area contributed by atoms with Crippen molar-refractivity contribution >= 4 is 23.6 Å². The summed E-state index contributed by atoms with van der Waals surface area (Å²) in [5.74, 6) is -0.777. The van der Waals surface area contributed by atoms with E-state index in [1.807, 2.05) is 30.5 Å². The van der Waals surface area contributed by atoms with E-state index in [0.29, 0.717) is 0 Å². The summed E-state index contributed by atoms with van der Waals surface area (Å²) in [6.45, 7) is -0.00740. The molecule has 2 rings (SSSR count). The highest BCUT2D eigenvalue weighted by atomic mass is 32.2. The number of thioether (sulfide) groups is 1. The highest BCUT2D eigenvalue weighted by molar-refractivity contribution is 7.98. The van der Waals surface area contributed by atoms with Gasteiger partial charge in [-0.05, 0) is 36.1 Å². The molecule has 1 aromatic heterocycles. The lowest BCUT2D eigenvalue weighted by atomic mass is 10.2. The molecule has 0 unspecified atom stereocenters. The lowest BCUT2D eigenvalue weighted by Gasteiger charge is -2.06. The molecule has 0 aliphatic carbocycles. The number of ether oxygens (including phenoxy) is 1. The summed E-state index contributed by atoms with van der Waals surface area (Å²) in [6, 6.07) is 10.9. The number of hydrogen-bond acceptors (Lipinski definition) is 5. The van der Waals surface area contributed by atoms with Gasteiger partial charge in [-0.1, -0.05) is 12.1 Å². The lowest BCUT2D eigenvalue weighted by Crippen LogP contribution is -2.30. The topological polar surface area (TPSA) is 68.5 Å². The molecule has 0 saturated carbocycles. The number of carbonyl (C=O) groups excluding carboxylic acids is 2. The van der Waals surface area contributed by atoms with Gasteiger partial charge >= 0.3 is 5.97 Å². The quantitative estimate of drug-likeness (QED) is 0.656. The summed E-state index contributed by atoms with van der Waals surface area (Å²) in [7, 11) is 0. The number of amides is 1. The summed E-state index contributed by atoms with van der Waals surface area (Å²) >= 11 is 1.65. The maximum Gasteiger partial charge on any atom is 0.325 e. The minimum Gasteiger partial charge on any atom is -0.460 e. The van der Waals surface area contributed by atoms with E-state index >= 15 is 0 Å². The molecule has 0 spiro atoms. The van der Waals surface area contributed by atoms with Crippen LogP contribution in [0.2, 0.25) is 0 Å². The van der Waals surface area contributed by atoms with Gasteiger partial charge in [0.05, 0.1) is 6.26 Å². The van der Waals surface area contributed by atoms with Gasteiger partial charge in [0.15, 0.2) is 5.76 Å². The van der Waals surface area contributed by atoms with Gasteiger partial charge in [-0.3, -0.25) is 9.59 Å². The van der Waals surface area contributed by atoms with Crippen LogP contribution in [0.25, 0.3) is 0 Å². The average molecular weight is 305 g/mol. The number of furan rings is 1. The first-order valence-electron chi connectivity index (χ1n) is 6.29. The third-order valence-electron chi connectivity index (χ3n) is 2.70. The van der Waals surface area contributed by atoms with Crippen LogP contribution in [-0.4, -0.2) is 24.7 Å². The van der Waals surface area contributed by atoms with Gasteiger partial charge in [0.2, 0.25) is 0 Å². The van der Waals surface area contributed by atoms with Crippen LogP contribution in [0.15, 0.2) is 52.0 Å². The molecule has 0 aliphatic rings. The number of esters is 1. The van der Waals surface area contributed by atoms with E-state index in [2.05, 4.69) is 5.32 Å². The molecule has 0 bridgehead atoms. The van der Waals surface area contributed by atoms with Crippen molar-refractivity contribution in [2.45, 2.75) is 11.5 Å². The fourth-order valence-corrected chi connectivity index (χ4v) is 1.99. The van der Waals surface area contributed by atoms with E-state index in [1.54, 1.807) is 17.8 Å². The largest absolute Gasteiger partial charge is 0.460 e. The third-order valence-corrected chi connectivity index (χ3v) is 3.44. The van der Waals surface area contributed by atoms with Crippen molar-refractivity contribution in [2.75, 3.05) is 12.8 Å². The highest BCUT2D eigenvalue weighted by Gasteiger charge is 2.10. The van der Waals surface area contributed by atoms with Gasteiger partial charge < -0.3 is 14.5 Å². The Bertz CT molecular complexity index is 593. The third kappa shape index (κ3) is 4.68. The smallest absolute Gasteiger partial charge is 0.325 e. The zero-order chi connectivity index (χ0) is 15.1. The molecule has 1 aromatic carbocycles.